The number of carbonyl (C=O) groups is 1. The van der Waals surface area contributed by atoms with Crippen molar-refractivity contribution in [2.75, 3.05) is 6.26 Å². The standard InChI is InChI=1S/C18H22BrNO2S2/c1-23-16(18(21)20-22)6-4-2-3-5-13-7-9-14(10-8-13)15-11-12-17(19)24-15/h7-12,16,22H,2-6H2,1H3,(H,20,21). The van der Waals surface area contributed by atoms with Gasteiger partial charge in [-0.2, -0.15) is 11.8 Å². The van der Waals surface area contributed by atoms with E-state index in [9.17, 15) is 4.79 Å². The van der Waals surface area contributed by atoms with Gasteiger partial charge in [-0.25, -0.2) is 5.48 Å². The molecule has 0 bridgehead atoms. The first-order valence-corrected chi connectivity index (χ1v) is 10.8. The first-order chi connectivity index (χ1) is 11.6. The summed E-state index contributed by atoms with van der Waals surface area (Å²) in [4.78, 5) is 12.7. The molecule has 1 atom stereocenters. The lowest BCUT2D eigenvalue weighted by molar-refractivity contribution is -0.128. The summed E-state index contributed by atoms with van der Waals surface area (Å²) in [6, 6.07) is 13.0. The molecule has 0 radical (unpaired) electrons. The maximum atomic E-state index is 11.4. The van der Waals surface area contributed by atoms with Crippen LogP contribution in [0.1, 0.15) is 31.2 Å². The predicted molar refractivity (Wildman–Crippen MR) is 107 cm³/mol. The van der Waals surface area contributed by atoms with Crippen molar-refractivity contribution in [3.63, 3.8) is 0 Å². The maximum Gasteiger partial charge on any atom is 0.256 e. The van der Waals surface area contributed by atoms with Crippen LogP contribution in [0.4, 0.5) is 0 Å². The molecule has 0 spiro atoms. The Labute approximate surface area is 159 Å². The number of benzene rings is 1. The zero-order chi connectivity index (χ0) is 17.4. The number of nitrogens with one attached hydrogen (secondary N) is 1. The number of carbonyl (C=O) groups excluding carboxylic acids is 1. The van der Waals surface area contributed by atoms with Crippen LogP contribution in [0.5, 0.6) is 0 Å². The van der Waals surface area contributed by atoms with Gasteiger partial charge in [-0.05, 0) is 64.7 Å². The third kappa shape index (κ3) is 5.92. The second-order valence-electron chi connectivity index (χ2n) is 5.60. The molecule has 3 nitrogen and oxygen atoms in total. The van der Waals surface area contributed by atoms with Crippen molar-refractivity contribution in [3.8, 4) is 10.4 Å². The topological polar surface area (TPSA) is 49.3 Å². The summed E-state index contributed by atoms with van der Waals surface area (Å²) >= 11 is 6.73. The highest BCUT2D eigenvalue weighted by Crippen LogP contribution is 2.31. The van der Waals surface area contributed by atoms with E-state index in [2.05, 4.69) is 52.3 Å². The van der Waals surface area contributed by atoms with E-state index in [-0.39, 0.29) is 11.2 Å². The van der Waals surface area contributed by atoms with Gasteiger partial charge in [-0.3, -0.25) is 10.0 Å². The lowest BCUT2D eigenvalue weighted by atomic mass is 10.0. The van der Waals surface area contributed by atoms with Crippen molar-refractivity contribution >= 4 is 44.9 Å². The zero-order valence-electron chi connectivity index (χ0n) is 13.6. The number of thioether (sulfide) groups is 1. The van der Waals surface area contributed by atoms with Crippen molar-refractivity contribution in [1.29, 1.82) is 0 Å². The minimum absolute atomic E-state index is 0.153. The fourth-order valence-corrected chi connectivity index (χ4v) is 4.63. The Balaban J connectivity index is 1.72. The number of unbranched alkanes of at least 4 members (excludes halogenated alkanes) is 2. The van der Waals surface area contributed by atoms with E-state index in [0.717, 1.165) is 35.9 Å². The molecule has 130 valence electrons. The van der Waals surface area contributed by atoms with Crippen molar-refractivity contribution < 1.29 is 10.0 Å². The number of hydroxylamine groups is 1. The summed E-state index contributed by atoms with van der Waals surface area (Å²) in [6.07, 6.45) is 6.97. The average Bonchev–Trinajstić information content (AvgIpc) is 3.04. The molecule has 0 aliphatic heterocycles. The molecule has 1 aromatic carbocycles. The SMILES string of the molecule is CSC(CCCCCc1ccc(-c2ccc(Br)s2)cc1)C(=O)NO. The second-order valence-corrected chi connectivity index (χ2v) is 9.10. The maximum absolute atomic E-state index is 11.4. The number of hydrogen-bond donors (Lipinski definition) is 2. The molecule has 6 heteroatoms. The van der Waals surface area contributed by atoms with Gasteiger partial charge in [0, 0.05) is 4.88 Å². The summed E-state index contributed by atoms with van der Waals surface area (Å²) in [7, 11) is 0. The van der Waals surface area contributed by atoms with Crippen LogP contribution >= 0.6 is 39.0 Å². The van der Waals surface area contributed by atoms with E-state index in [4.69, 9.17) is 5.21 Å². The van der Waals surface area contributed by atoms with E-state index in [1.165, 1.54) is 27.8 Å². The van der Waals surface area contributed by atoms with E-state index in [1.54, 1.807) is 16.8 Å². The fourth-order valence-electron chi connectivity index (χ4n) is 2.57. The second kappa shape index (κ2) is 10.2. The molecule has 1 unspecified atom stereocenters. The molecular formula is C18H22BrNO2S2. The first-order valence-electron chi connectivity index (χ1n) is 7.95. The Morgan fingerprint density at radius 1 is 1.21 bits per heavy atom. The molecule has 1 aromatic heterocycles. The van der Waals surface area contributed by atoms with Gasteiger partial charge in [0.05, 0.1) is 9.04 Å². The van der Waals surface area contributed by atoms with Gasteiger partial charge in [0.25, 0.3) is 5.91 Å². The van der Waals surface area contributed by atoms with E-state index < -0.39 is 0 Å². The van der Waals surface area contributed by atoms with Gasteiger partial charge in [0.15, 0.2) is 0 Å². The highest BCUT2D eigenvalue weighted by molar-refractivity contribution is 9.11. The molecule has 1 amide bonds. The molecule has 0 aliphatic rings. The third-order valence-corrected chi connectivity index (χ3v) is 6.62. The van der Waals surface area contributed by atoms with Crippen molar-refractivity contribution in [2.45, 2.75) is 37.4 Å². The number of hydrogen-bond acceptors (Lipinski definition) is 4. The summed E-state index contributed by atoms with van der Waals surface area (Å²) in [5.41, 5.74) is 4.35. The number of amides is 1. The van der Waals surface area contributed by atoms with E-state index >= 15 is 0 Å². The zero-order valence-corrected chi connectivity index (χ0v) is 16.8. The van der Waals surface area contributed by atoms with Crippen molar-refractivity contribution in [2.24, 2.45) is 0 Å². The van der Waals surface area contributed by atoms with Crippen molar-refractivity contribution in [1.82, 2.24) is 5.48 Å². The Morgan fingerprint density at radius 3 is 2.54 bits per heavy atom. The number of thiophene rings is 1. The quantitative estimate of drug-likeness (QED) is 0.314. The van der Waals surface area contributed by atoms with Crippen LogP contribution in [0.15, 0.2) is 40.2 Å². The van der Waals surface area contributed by atoms with Gasteiger partial charge in [0.2, 0.25) is 0 Å². The average molecular weight is 428 g/mol. The fraction of sp³-hybridized carbons (Fsp3) is 0.389. The van der Waals surface area contributed by atoms with Crippen LogP contribution in [0.25, 0.3) is 10.4 Å². The highest BCUT2D eigenvalue weighted by atomic mass is 79.9. The molecule has 2 N–H and O–H groups in total. The molecule has 1 heterocycles. The molecular weight excluding hydrogens is 406 g/mol. The van der Waals surface area contributed by atoms with Crippen LogP contribution in [0.3, 0.4) is 0 Å². The van der Waals surface area contributed by atoms with Crippen LogP contribution in [0, 0.1) is 0 Å². The highest BCUT2D eigenvalue weighted by Gasteiger charge is 2.15. The van der Waals surface area contributed by atoms with Crippen LogP contribution in [-0.4, -0.2) is 22.6 Å². The largest absolute Gasteiger partial charge is 0.289 e. The summed E-state index contributed by atoms with van der Waals surface area (Å²) in [5.74, 6) is -0.293. The predicted octanol–water partition coefficient (Wildman–Crippen LogP) is 5.52. The summed E-state index contributed by atoms with van der Waals surface area (Å²) in [6.45, 7) is 0. The van der Waals surface area contributed by atoms with E-state index in [1.807, 2.05) is 6.26 Å². The normalized spacial score (nSPS) is 12.1. The van der Waals surface area contributed by atoms with Gasteiger partial charge < -0.3 is 0 Å². The van der Waals surface area contributed by atoms with Gasteiger partial charge in [-0.15, -0.1) is 11.3 Å². The third-order valence-electron chi connectivity index (χ3n) is 3.93. The van der Waals surface area contributed by atoms with Crippen LogP contribution in [0.2, 0.25) is 0 Å². The molecule has 0 fully saturated rings. The minimum atomic E-state index is -0.293. The van der Waals surface area contributed by atoms with Gasteiger partial charge in [-0.1, -0.05) is 37.1 Å². The molecule has 2 aromatic rings. The smallest absolute Gasteiger partial charge is 0.256 e. The van der Waals surface area contributed by atoms with Crippen LogP contribution in [-0.2, 0) is 11.2 Å². The summed E-state index contributed by atoms with van der Waals surface area (Å²) in [5, 5.41) is 8.53. The number of aryl methyl sites for hydroxylation is 1. The monoisotopic (exact) mass is 427 g/mol. The molecule has 2 rings (SSSR count). The van der Waals surface area contributed by atoms with Crippen molar-refractivity contribution in [3.05, 3.63) is 45.7 Å². The van der Waals surface area contributed by atoms with E-state index in [0.29, 0.717) is 0 Å². The van der Waals surface area contributed by atoms with Crippen LogP contribution < -0.4 is 5.48 Å². The summed E-state index contributed by atoms with van der Waals surface area (Å²) < 4.78 is 1.15. The molecule has 0 aliphatic carbocycles. The first kappa shape index (κ1) is 19.5. The Kier molecular flexibility index (Phi) is 8.32. The minimum Gasteiger partial charge on any atom is -0.289 e. The lowest BCUT2D eigenvalue weighted by Crippen LogP contribution is -2.29. The Morgan fingerprint density at radius 2 is 1.96 bits per heavy atom. The van der Waals surface area contributed by atoms with Gasteiger partial charge >= 0.3 is 0 Å². The molecule has 0 saturated carbocycles. The Hall–Kier alpha value is -0.820. The molecule has 24 heavy (non-hydrogen) atoms. The Bertz CT molecular complexity index is 643. The number of rotatable bonds is 9. The number of halogens is 1. The lowest BCUT2D eigenvalue weighted by Gasteiger charge is -2.11. The van der Waals surface area contributed by atoms with Gasteiger partial charge in [0.1, 0.15) is 0 Å². The molecule has 0 saturated heterocycles.